The van der Waals surface area contributed by atoms with E-state index in [9.17, 15) is 13.2 Å². The standard InChI is InChI=1S/C16H24N2O3S/c1-13-5-3-6-14(11-13)8-9-16(19)17-12-15-7-4-10-18(15)22(2,20)21/h3,5-6,11,15H,4,7-10,12H2,1-2H3,(H,17,19). The number of carbonyl (C=O) groups is 1. The number of hydrogen-bond donors (Lipinski definition) is 1. The zero-order valence-electron chi connectivity index (χ0n) is 13.2. The Morgan fingerprint density at radius 1 is 1.41 bits per heavy atom. The van der Waals surface area contributed by atoms with Crippen LogP contribution >= 0.6 is 0 Å². The van der Waals surface area contributed by atoms with Gasteiger partial charge in [-0.2, -0.15) is 4.31 Å². The summed E-state index contributed by atoms with van der Waals surface area (Å²) in [6.07, 6.45) is 4.02. The van der Waals surface area contributed by atoms with Gasteiger partial charge in [-0.1, -0.05) is 29.8 Å². The Hall–Kier alpha value is -1.40. The van der Waals surface area contributed by atoms with Gasteiger partial charge in [-0.05, 0) is 31.7 Å². The number of aryl methyl sites for hydroxylation is 2. The van der Waals surface area contributed by atoms with Gasteiger partial charge >= 0.3 is 0 Å². The Morgan fingerprint density at radius 3 is 2.86 bits per heavy atom. The summed E-state index contributed by atoms with van der Waals surface area (Å²) in [5.74, 6) is -0.0261. The van der Waals surface area contributed by atoms with Gasteiger partial charge in [-0.25, -0.2) is 8.42 Å². The largest absolute Gasteiger partial charge is 0.354 e. The predicted molar refractivity (Wildman–Crippen MR) is 87.1 cm³/mol. The molecule has 0 aliphatic carbocycles. The number of hydrogen-bond acceptors (Lipinski definition) is 3. The summed E-state index contributed by atoms with van der Waals surface area (Å²) >= 11 is 0. The summed E-state index contributed by atoms with van der Waals surface area (Å²) in [7, 11) is -3.18. The summed E-state index contributed by atoms with van der Waals surface area (Å²) < 4.78 is 24.8. The molecule has 1 N–H and O–H groups in total. The number of carbonyl (C=O) groups excluding carboxylic acids is 1. The molecule has 122 valence electrons. The molecule has 1 amide bonds. The highest BCUT2D eigenvalue weighted by Gasteiger charge is 2.31. The molecule has 0 saturated carbocycles. The van der Waals surface area contributed by atoms with Crippen LogP contribution < -0.4 is 5.32 Å². The van der Waals surface area contributed by atoms with E-state index in [0.29, 0.717) is 25.9 Å². The molecule has 0 bridgehead atoms. The molecule has 5 nitrogen and oxygen atoms in total. The minimum absolute atomic E-state index is 0.0261. The van der Waals surface area contributed by atoms with Crippen molar-refractivity contribution in [3.8, 4) is 0 Å². The van der Waals surface area contributed by atoms with Crippen LogP contribution in [-0.4, -0.2) is 44.0 Å². The van der Waals surface area contributed by atoms with Gasteiger partial charge in [0.1, 0.15) is 0 Å². The van der Waals surface area contributed by atoms with E-state index in [2.05, 4.69) is 11.4 Å². The van der Waals surface area contributed by atoms with Crippen LogP contribution in [0.5, 0.6) is 0 Å². The lowest BCUT2D eigenvalue weighted by Crippen LogP contribution is -2.42. The summed E-state index contributed by atoms with van der Waals surface area (Å²) in [5.41, 5.74) is 2.33. The van der Waals surface area contributed by atoms with Crippen molar-refractivity contribution in [2.45, 2.75) is 38.6 Å². The lowest BCUT2D eigenvalue weighted by molar-refractivity contribution is -0.121. The second-order valence-electron chi connectivity index (χ2n) is 5.96. The maximum Gasteiger partial charge on any atom is 0.220 e. The SMILES string of the molecule is Cc1cccc(CCC(=O)NCC2CCCN2S(C)(=O)=O)c1. The molecular weight excluding hydrogens is 300 g/mol. The number of benzene rings is 1. The van der Waals surface area contributed by atoms with Gasteiger partial charge in [0, 0.05) is 25.6 Å². The molecule has 0 aromatic heterocycles. The van der Waals surface area contributed by atoms with Crippen molar-refractivity contribution in [1.29, 1.82) is 0 Å². The van der Waals surface area contributed by atoms with Crippen LogP contribution in [0.4, 0.5) is 0 Å². The van der Waals surface area contributed by atoms with Gasteiger partial charge in [-0.3, -0.25) is 4.79 Å². The van der Waals surface area contributed by atoms with E-state index in [1.54, 1.807) is 0 Å². The van der Waals surface area contributed by atoms with Crippen LogP contribution in [-0.2, 0) is 21.2 Å². The third kappa shape index (κ3) is 4.81. The van der Waals surface area contributed by atoms with E-state index in [0.717, 1.165) is 18.4 Å². The molecule has 1 aromatic carbocycles. The molecule has 0 spiro atoms. The zero-order chi connectivity index (χ0) is 16.2. The molecule has 1 heterocycles. The molecule has 1 aromatic rings. The number of sulfonamides is 1. The van der Waals surface area contributed by atoms with E-state index >= 15 is 0 Å². The highest BCUT2D eigenvalue weighted by molar-refractivity contribution is 7.88. The fraction of sp³-hybridized carbons (Fsp3) is 0.562. The van der Waals surface area contributed by atoms with Crippen LogP contribution in [0.2, 0.25) is 0 Å². The molecule has 1 saturated heterocycles. The van der Waals surface area contributed by atoms with E-state index in [1.807, 2.05) is 25.1 Å². The average molecular weight is 324 g/mol. The Morgan fingerprint density at radius 2 is 2.18 bits per heavy atom. The summed E-state index contributed by atoms with van der Waals surface area (Å²) in [6, 6.07) is 8.02. The molecule has 1 atom stereocenters. The summed E-state index contributed by atoms with van der Waals surface area (Å²) in [5, 5.41) is 2.87. The first-order valence-corrected chi connectivity index (χ1v) is 9.50. The fourth-order valence-electron chi connectivity index (χ4n) is 2.90. The van der Waals surface area contributed by atoms with E-state index < -0.39 is 10.0 Å². The lowest BCUT2D eigenvalue weighted by Gasteiger charge is -2.22. The van der Waals surface area contributed by atoms with Gasteiger partial charge in [0.15, 0.2) is 0 Å². The van der Waals surface area contributed by atoms with Gasteiger partial charge in [0.25, 0.3) is 0 Å². The number of nitrogens with zero attached hydrogens (tertiary/aromatic N) is 1. The number of amides is 1. The maximum atomic E-state index is 11.9. The molecule has 1 aliphatic heterocycles. The molecule has 1 fully saturated rings. The summed E-state index contributed by atoms with van der Waals surface area (Å²) in [4.78, 5) is 11.9. The fourth-order valence-corrected chi connectivity index (χ4v) is 4.08. The van der Waals surface area contributed by atoms with Crippen molar-refractivity contribution in [3.05, 3.63) is 35.4 Å². The normalized spacial score (nSPS) is 19.3. The number of nitrogens with one attached hydrogen (secondary N) is 1. The molecule has 1 unspecified atom stereocenters. The van der Waals surface area contributed by atoms with E-state index in [4.69, 9.17) is 0 Å². The molecule has 2 rings (SSSR count). The van der Waals surface area contributed by atoms with Gasteiger partial charge in [0.2, 0.25) is 15.9 Å². The van der Waals surface area contributed by atoms with Crippen LogP contribution in [0.25, 0.3) is 0 Å². The third-order valence-electron chi connectivity index (χ3n) is 4.01. The molecule has 1 aliphatic rings. The second kappa shape index (κ2) is 7.24. The Bertz CT molecular complexity index is 628. The van der Waals surface area contributed by atoms with Crippen molar-refractivity contribution in [2.75, 3.05) is 19.3 Å². The maximum absolute atomic E-state index is 11.9. The van der Waals surface area contributed by atoms with Crippen molar-refractivity contribution >= 4 is 15.9 Å². The second-order valence-corrected chi connectivity index (χ2v) is 7.90. The average Bonchev–Trinajstić information content (AvgIpc) is 2.91. The first-order chi connectivity index (χ1) is 10.4. The minimum Gasteiger partial charge on any atom is -0.354 e. The van der Waals surface area contributed by atoms with Gasteiger partial charge < -0.3 is 5.32 Å². The predicted octanol–water partition coefficient (Wildman–Crippen LogP) is 1.47. The molecule has 6 heteroatoms. The molecule has 22 heavy (non-hydrogen) atoms. The van der Waals surface area contributed by atoms with Crippen molar-refractivity contribution in [2.24, 2.45) is 0 Å². The lowest BCUT2D eigenvalue weighted by atomic mass is 10.1. The quantitative estimate of drug-likeness (QED) is 0.862. The smallest absolute Gasteiger partial charge is 0.220 e. The van der Waals surface area contributed by atoms with Gasteiger partial charge in [-0.15, -0.1) is 0 Å². The van der Waals surface area contributed by atoms with Crippen LogP contribution in [0, 0.1) is 6.92 Å². The molecular formula is C16H24N2O3S. The first-order valence-electron chi connectivity index (χ1n) is 7.65. The van der Waals surface area contributed by atoms with Crippen LogP contribution in [0.3, 0.4) is 0 Å². The Kier molecular flexibility index (Phi) is 5.58. The molecule has 0 radical (unpaired) electrons. The van der Waals surface area contributed by atoms with E-state index in [1.165, 1.54) is 16.1 Å². The van der Waals surface area contributed by atoms with Crippen molar-refractivity contribution in [1.82, 2.24) is 9.62 Å². The van der Waals surface area contributed by atoms with Crippen LogP contribution in [0.1, 0.15) is 30.4 Å². The highest BCUT2D eigenvalue weighted by atomic mass is 32.2. The Labute approximate surface area is 132 Å². The third-order valence-corrected chi connectivity index (χ3v) is 5.34. The monoisotopic (exact) mass is 324 g/mol. The van der Waals surface area contributed by atoms with Crippen LogP contribution in [0.15, 0.2) is 24.3 Å². The summed E-state index contributed by atoms with van der Waals surface area (Å²) in [6.45, 7) is 2.99. The first kappa shape index (κ1) is 17.0. The Balaban J connectivity index is 1.78. The van der Waals surface area contributed by atoms with Crippen molar-refractivity contribution < 1.29 is 13.2 Å². The van der Waals surface area contributed by atoms with E-state index in [-0.39, 0.29) is 11.9 Å². The zero-order valence-corrected chi connectivity index (χ0v) is 14.0. The highest BCUT2D eigenvalue weighted by Crippen LogP contribution is 2.19. The van der Waals surface area contributed by atoms with Gasteiger partial charge in [0.05, 0.1) is 6.26 Å². The topological polar surface area (TPSA) is 66.5 Å². The number of rotatable bonds is 6. The minimum atomic E-state index is -3.18. The van der Waals surface area contributed by atoms with Crippen molar-refractivity contribution in [3.63, 3.8) is 0 Å².